The molecule has 4 nitrogen and oxygen atoms in total. The minimum atomic E-state index is -0.521. The van der Waals surface area contributed by atoms with Gasteiger partial charge in [0.1, 0.15) is 0 Å². The number of aliphatic hydroxyl groups excluding tert-OH is 1. The van der Waals surface area contributed by atoms with Crippen LogP contribution in [0.1, 0.15) is 19.8 Å². The Morgan fingerprint density at radius 3 is 2.54 bits per heavy atom. The third-order valence-electron chi connectivity index (χ3n) is 1.53. The number of nitrogens with one attached hydrogen (secondary N) is 1. The Morgan fingerprint density at radius 1 is 1.54 bits per heavy atom. The quantitative estimate of drug-likeness (QED) is 0.524. The van der Waals surface area contributed by atoms with E-state index >= 15 is 0 Å². The van der Waals surface area contributed by atoms with Gasteiger partial charge in [-0.05, 0) is 6.42 Å². The topological polar surface area (TPSA) is 66.4 Å². The average Bonchev–Trinajstić information content (AvgIpc) is 2.09. The van der Waals surface area contributed by atoms with Crippen LogP contribution in [0.15, 0.2) is 0 Å². The van der Waals surface area contributed by atoms with Crippen molar-refractivity contribution >= 4 is 24.3 Å². The maximum absolute atomic E-state index is 11.3. The lowest BCUT2D eigenvalue weighted by Gasteiger charge is -2.13. The Labute approximate surface area is 83.1 Å². The Hall–Kier alpha value is -0.550. The van der Waals surface area contributed by atoms with E-state index in [0.717, 1.165) is 0 Å². The van der Waals surface area contributed by atoms with Crippen LogP contribution in [0, 0.1) is 0 Å². The predicted octanol–water partition coefficient (Wildman–Crippen LogP) is -0.238. The highest BCUT2D eigenvalue weighted by Crippen LogP contribution is 1.98. The normalized spacial score (nSPS) is 12.2. The SMILES string of the molecule is CC(=O)N[C@@H](CS)C(=O)CCCO. The molecule has 13 heavy (non-hydrogen) atoms. The number of Topliss-reactive ketones (excluding diaryl/α,β-unsaturated/α-hetero) is 1. The molecule has 2 N–H and O–H groups in total. The average molecular weight is 205 g/mol. The number of hydrogen-bond donors (Lipinski definition) is 3. The van der Waals surface area contributed by atoms with Gasteiger partial charge < -0.3 is 10.4 Å². The molecule has 1 amide bonds. The molecule has 0 heterocycles. The van der Waals surface area contributed by atoms with Crippen molar-refractivity contribution in [1.29, 1.82) is 0 Å². The van der Waals surface area contributed by atoms with Gasteiger partial charge in [0.15, 0.2) is 5.78 Å². The van der Waals surface area contributed by atoms with E-state index in [9.17, 15) is 9.59 Å². The fourth-order valence-corrected chi connectivity index (χ4v) is 1.20. The van der Waals surface area contributed by atoms with Crippen molar-refractivity contribution in [3.05, 3.63) is 0 Å². The zero-order valence-electron chi connectivity index (χ0n) is 7.62. The van der Waals surface area contributed by atoms with Gasteiger partial charge in [-0.3, -0.25) is 9.59 Å². The van der Waals surface area contributed by atoms with Crippen molar-refractivity contribution in [3.8, 4) is 0 Å². The second kappa shape index (κ2) is 6.91. The van der Waals surface area contributed by atoms with Crippen LogP contribution < -0.4 is 5.32 Å². The Kier molecular flexibility index (Phi) is 6.62. The minimum Gasteiger partial charge on any atom is -0.396 e. The summed E-state index contributed by atoms with van der Waals surface area (Å²) in [6.45, 7) is 1.35. The molecule has 0 fully saturated rings. The second-order valence-corrected chi connectivity index (χ2v) is 3.09. The van der Waals surface area contributed by atoms with Crippen LogP contribution >= 0.6 is 12.6 Å². The van der Waals surface area contributed by atoms with Gasteiger partial charge in [0.25, 0.3) is 0 Å². The number of rotatable bonds is 6. The molecule has 0 saturated heterocycles. The lowest BCUT2D eigenvalue weighted by Crippen LogP contribution is -2.41. The molecule has 0 aliphatic rings. The summed E-state index contributed by atoms with van der Waals surface area (Å²) in [6, 6.07) is -0.521. The van der Waals surface area contributed by atoms with Crippen LogP contribution in [0.3, 0.4) is 0 Å². The van der Waals surface area contributed by atoms with Crippen molar-refractivity contribution in [3.63, 3.8) is 0 Å². The summed E-state index contributed by atoms with van der Waals surface area (Å²) in [5, 5.41) is 11.0. The van der Waals surface area contributed by atoms with Crippen LogP contribution in [0.25, 0.3) is 0 Å². The van der Waals surface area contributed by atoms with Crippen LogP contribution in [0.4, 0.5) is 0 Å². The maximum atomic E-state index is 11.3. The summed E-state index contributed by atoms with van der Waals surface area (Å²) in [7, 11) is 0. The Balaban J connectivity index is 3.92. The summed E-state index contributed by atoms with van der Waals surface area (Å²) in [5.41, 5.74) is 0. The van der Waals surface area contributed by atoms with E-state index in [0.29, 0.717) is 12.2 Å². The van der Waals surface area contributed by atoms with E-state index < -0.39 is 6.04 Å². The number of aliphatic hydroxyl groups is 1. The van der Waals surface area contributed by atoms with E-state index in [1.165, 1.54) is 6.92 Å². The van der Waals surface area contributed by atoms with Crippen molar-refractivity contribution in [2.45, 2.75) is 25.8 Å². The predicted molar refractivity (Wildman–Crippen MR) is 52.8 cm³/mol. The zero-order valence-corrected chi connectivity index (χ0v) is 8.51. The van der Waals surface area contributed by atoms with Crippen LogP contribution in [0.5, 0.6) is 0 Å². The molecule has 0 aromatic heterocycles. The largest absolute Gasteiger partial charge is 0.396 e. The first-order valence-electron chi connectivity index (χ1n) is 4.13. The van der Waals surface area contributed by atoms with Gasteiger partial charge in [0, 0.05) is 25.7 Å². The van der Waals surface area contributed by atoms with Gasteiger partial charge in [-0.25, -0.2) is 0 Å². The van der Waals surface area contributed by atoms with Crippen LogP contribution in [-0.4, -0.2) is 35.2 Å². The summed E-state index contributed by atoms with van der Waals surface area (Å²) in [4.78, 5) is 21.9. The minimum absolute atomic E-state index is 0.00883. The molecule has 0 radical (unpaired) electrons. The summed E-state index contributed by atoms with van der Waals surface area (Å²) >= 11 is 3.95. The molecular weight excluding hydrogens is 190 g/mol. The molecule has 0 saturated carbocycles. The molecule has 0 unspecified atom stereocenters. The van der Waals surface area contributed by atoms with E-state index in [1.54, 1.807) is 0 Å². The van der Waals surface area contributed by atoms with Crippen molar-refractivity contribution in [2.24, 2.45) is 0 Å². The highest BCUT2D eigenvalue weighted by Gasteiger charge is 2.16. The number of thiol groups is 1. The van der Waals surface area contributed by atoms with Gasteiger partial charge in [0.2, 0.25) is 5.91 Å². The maximum Gasteiger partial charge on any atom is 0.217 e. The number of carbonyl (C=O) groups is 2. The van der Waals surface area contributed by atoms with Crippen LogP contribution in [-0.2, 0) is 9.59 Å². The van der Waals surface area contributed by atoms with E-state index in [2.05, 4.69) is 17.9 Å². The third-order valence-corrected chi connectivity index (χ3v) is 1.90. The molecule has 1 atom stereocenters. The summed E-state index contributed by atoms with van der Waals surface area (Å²) in [6.07, 6.45) is 0.713. The Morgan fingerprint density at radius 2 is 2.15 bits per heavy atom. The highest BCUT2D eigenvalue weighted by atomic mass is 32.1. The van der Waals surface area contributed by atoms with Gasteiger partial charge in [-0.1, -0.05) is 0 Å². The van der Waals surface area contributed by atoms with E-state index in [4.69, 9.17) is 5.11 Å². The van der Waals surface area contributed by atoms with Gasteiger partial charge in [-0.15, -0.1) is 0 Å². The molecule has 0 aliphatic carbocycles. The molecule has 0 aliphatic heterocycles. The smallest absolute Gasteiger partial charge is 0.217 e. The van der Waals surface area contributed by atoms with Gasteiger partial charge >= 0.3 is 0 Å². The molecule has 5 heteroatoms. The van der Waals surface area contributed by atoms with Gasteiger partial charge in [-0.2, -0.15) is 12.6 Å². The van der Waals surface area contributed by atoms with E-state index in [-0.39, 0.29) is 24.7 Å². The fraction of sp³-hybridized carbons (Fsp3) is 0.750. The molecule has 0 aromatic rings. The van der Waals surface area contributed by atoms with Gasteiger partial charge in [0.05, 0.1) is 6.04 Å². The third kappa shape index (κ3) is 5.65. The Bertz CT molecular complexity index is 184. The lowest BCUT2D eigenvalue weighted by atomic mass is 10.1. The number of amides is 1. The lowest BCUT2D eigenvalue weighted by molar-refractivity contribution is -0.126. The zero-order chi connectivity index (χ0) is 10.3. The molecule has 0 bridgehead atoms. The highest BCUT2D eigenvalue weighted by molar-refractivity contribution is 7.80. The van der Waals surface area contributed by atoms with Crippen molar-refractivity contribution in [2.75, 3.05) is 12.4 Å². The first-order valence-corrected chi connectivity index (χ1v) is 4.76. The molecular formula is C8H15NO3S. The second-order valence-electron chi connectivity index (χ2n) is 2.73. The molecule has 0 rings (SSSR count). The number of ketones is 1. The molecule has 0 aromatic carbocycles. The first kappa shape index (κ1) is 12.4. The van der Waals surface area contributed by atoms with E-state index in [1.807, 2.05) is 0 Å². The number of carbonyl (C=O) groups excluding carboxylic acids is 2. The monoisotopic (exact) mass is 205 g/mol. The van der Waals surface area contributed by atoms with Crippen LogP contribution in [0.2, 0.25) is 0 Å². The fourth-order valence-electron chi connectivity index (χ4n) is 0.901. The molecule has 0 spiro atoms. The first-order chi connectivity index (χ1) is 6.11. The van der Waals surface area contributed by atoms with Crippen molar-refractivity contribution < 1.29 is 14.7 Å². The molecule has 76 valence electrons. The number of hydrogen-bond acceptors (Lipinski definition) is 4. The standard InChI is InChI=1S/C8H15NO3S/c1-6(11)9-7(5-13)8(12)3-2-4-10/h7,10,13H,2-5H2,1H3,(H,9,11)/t7-/m0/s1. The summed E-state index contributed by atoms with van der Waals surface area (Å²) < 4.78 is 0. The summed E-state index contributed by atoms with van der Waals surface area (Å²) in [5.74, 6) is -0.0280. The van der Waals surface area contributed by atoms with Crippen molar-refractivity contribution in [1.82, 2.24) is 5.32 Å².